The van der Waals surface area contributed by atoms with E-state index < -0.39 is 0 Å². The van der Waals surface area contributed by atoms with Crippen molar-refractivity contribution in [2.24, 2.45) is 5.92 Å². The van der Waals surface area contributed by atoms with Crippen LogP contribution in [-0.2, 0) is 4.79 Å². The van der Waals surface area contributed by atoms with Gasteiger partial charge in [-0.1, -0.05) is 11.6 Å². The van der Waals surface area contributed by atoms with E-state index in [1.54, 1.807) is 12.3 Å². The molecule has 1 amide bonds. The molecule has 0 bridgehead atoms. The van der Waals surface area contributed by atoms with Gasteiger partial charge in [0.25, 0.3) is 0 Å². The number of halogens is 1. The minimum absolute atomic E-state index is 0.0109. The summed E-state index contributed by atoms with van der Waals surface area (Å²) in [5, 5.41) is 23.0. The van der Waals surface area contributed by atoms with Gasteiger partial charge in [-0.2, -0.15) is 5.26 Å². The molecule has 33 heavy (non-hydrogen) atoms. The lowest BCUT2D eigenvalue weighted by Gasteiger charge is -2.42. The van der Waals surface area contributed by atoms with Crippen molar-refractivity contribution in [3.8, 4) is 6.07 Å². The maximum Gasteiger partial charge on any atom is 0.225 e. The van der Waals surface area contributed by atoms with Crippen LogP contribution in [0.1, 0.15) is 49.3 Å². The van der Waals surface area contributed by atoms with E-state index in [2.05, 4.69) is 21.3 Å². The average Bonchev–Trinajstić information content (AvgIpc) is 3.71. The van der Waals surface area contributed by atoms with Crippen LogP contribution in [0.5, 0.6) is 0 Å². The maximum atomic E-state index is 12.6. The van der Waals surface area contributed by atoms with E-state index in [4.69, 9.17) is 16.6 Å². The third-order valence-electron chi connectivity index (χ3n) is 6.65. The Hall–Kier alpha value is -2.89. The summed E-state index contributed by atoms with van der Waals surface area (Å²) in [7, 11) is 0. The summed E-state index contributed by atoms with van der Waals surface area (Å²) in [6, 6.07) is 7.92. The van der Waals surface area contributed by atoms with Crippen LogP contribution in [0.25, 0.3) is 0 Å². The first-order valence-electron chi connectivity index (χ1n) is 11.6. The fourth-order valence-electron chi connectivity index (χ4n) is 4.68. The molecule has 1 aliphatic heterocycles. The first kappa shape index (κ1) is 21.9. The number of hydrogen-bond donors (Lipinski definition) is 2. The van der Waals surface area contributed by atoms with Gasteiger partial charge in [0.2, 0.25) is 5.91 Å². The highest BCUT2D eigenvalue weighted by Gasteiger charge is 2.41. The van der Waals surface area contributed by atoms with Crippen molar-refractivity contribution in [2.75, 3.05) is 36.5 Å². The lowest BCUT2D eigenvalue weighted by Crippen LogP contribution is -2.56. The SMILES string of the molecule is N#Cc1cc(Nc2ccnc(Cl)c2)c(C2CC2)nc1N1CCN(C(=O)CCO)C(C2CC2)C1. The standard InChI is InChI=1S/C24H27ClN6O2/c25-21-12-18(5-7-27-21)28-19-11-17(13-26)24(29-23(19)16-3-4-16)30-8-9-31(22(33)6-10-32)20(14-30)15-1-2-15/h5,7,11-12,15-16,20,32H,1-4,6,8-10,14H2,(H,27,28). The number of rotatable bonds is 7. The number of carbonyl (C=O) groups excluding carboxylic acids is 1. The normalized spacial score (nSPS) is 20.5. The summed E-state index contributed by atoms with van der Waals surface area (Å²) in [6.45, 7) is 1.75. The van der Waals surface area contributed by atoms with Crippen LogP contribution in [-0.4, -0.2) is 58.2 Å². The van der Waals surface area contributed by atoms with Gasteiger partial charge in [0.1, 0.15) is 17.0 Å². The number of anilines is 3. The lowest BCUT2D eigenvalue weighted by atomic mass is 10.0. The topological polar surface area (TPSA) is 105 Å². The van der Waals surface area contributed by atoms with Gasteiger partial charge in [-0.25, -0.2) is 9.97 Å². The largest absolute Gasteiger partial charge is 0.396 e. The van der Waals surface area contributed by atoms with Crippen LogP contribution < -0.4 is 10.2 Å². The number of pyridine rings is 2. The quantitative estimate of drug-likeness (QED) is 0.602. The summed E-state index contributed by atoms with van der Waals surface area (Å²) < 4.78 is 0. The van der Waals surface area contributed by atoms with Crippen molar-refractivity contribution in [3.05, 3.63) is 40.8 Å². The van der Waals surface area contributed by atoms with Crippen LogP contribution in [0.15, 0.2) is 24.4 Å². The second kappa shape index (κ2) is 9.16. The first-order valence-corrected chi connectivity index (χ1v) is 11.9. The number of aliphatic hydroxyl groups excluding tert-OH is 1. The van der Waals surface area contributed by atoms with E-state index in [1.165, 1.54) is 0 Å². The predicted molar refractivity (Wildman–Crippen MR) is 126 cm³/mol. The zero-order chi connectivity index (χ0) is 22.9. The molecule has 2 aliphatic carbocycles. The van der Waals surface area contributed by atoms with E-state index in [0.717, 1.165) is 42.8 Å². The van der Waals surface area contributed by atoms with Crippen LogP contribution in [0, 0.1) is 17.2 Å². The summed E-state index contributed by atoms with van der Waals surface area (Å²) in [5.74, 6) is 1.58. The fraction of sp³-hybridized carbons (Fsp3) is 0.500. The summed E-state index contributed by atoms with van der Waals surface area (Å²) in [4.78, 5) is 25.7. The number of nitriles is 1. The second-order valence-electron chi connectivity index (χ2n) is 9.08. The van der Waals surface area contributed by atoms with Crippen LogP contribution in [0.3, 0.4) is 0 Å². The molecule has 2 N–H and O–H groups in total. The molecule has 1 unspecified atom stereocenters. The van der Waals surface area contributed by atoms with E-state index >= 15 is 0 Å². The molecule has 8 nitrogen and oxygen atoms in total. The van der Waals surface area contributed by atoms with Gasteiger partial charge in [0.05, 0.1) is 29.6 Å². The number of hydrogen-bond acceptors (Lipinski definition) is 7. The molecule has 1 atom stereocenters. The van der Waals surface area contributed by atoms with Crippen molar-refractivity contribution in [3.63, 3.8) is 0 Å². The Labute approximate surface area is 198 Å². The molecule has 172 valence electrons. The minimum Gasteiger partial charge on any atom is -0.396 e. The summed E-state index contributed by atoms with van der Waals surface area (Å²) in [6.07, 6.45) is 6.20. The molecule has 9 heteroatoms. The van der Waals surface area contributed by atoms with Gasteiger partial charge >= 0.3 is 0 Å². The van der Waals surface area contributed by atoms with Crippen molar-refractivity contribution in [1.82, 2.24) is 14.9 Å². The monoisotopic (exact) mass is 466 g/mol. The highest BCUT2D eigenvalue weighted by molar-refractivity contribution is 6.29. The molecule has 1 saturated heterocycles. The molecule has 3 aliphatic rings. The van der Waals surface area contributed by atoms with Gasteiger partial charge in [-0.05, 0) is 49.8 Å². The Kier molecular flexibility index (Phi) is 6.09. The number of nitrogens with zero attached hydrogens (tertiary/aromatic N) is 5. The Morgan fingerprint density at radius 2 is 2.09 bits per heavy atom. The molecule has 0 aromatic carbocycles. The van der Waals surface area contributed by atoms with E-state index in [0.29, 0.717) is 48.0 Å². The lowest BCUT2D eigenvalue weighted by molar-refractivity contribution is -0.135. The zero-order valence-electron chi connectivity index (χ0n) is 18.4. The second-order valence-corrected chi connectivity index (χ2v) is 9.47. The molecular weight excluding hydrogens is 440 g/mol. The number of piperazine rings is 1. The number of carbonyl (C=O) groups is 1. The van der Waals surface area contributed by atoms with E-state index in [-0.39, 0.29) is 25.0 Å². The number of aliphatic hydroxyl groups is 1. The van der Waals surface area contributed by atoms with Crippen LogP contribution in [0.4, 0.5) is 17.2 Å². The predicted octanol–water partition coefficient (Wildman–Crippen LogP) is 3.43. The Bertz CT molecular complexity index is 1090. The first-order chi connectivity index (χ1) is 16.1. The van der Waals surface area contributed by atoms with Gasteiger partial charge in [0, 0.05) is 43.9 Å². The molecule has 2 aromatic rings. The third kappa shape index (κ3) is 4.75. The van der Waals surface area contributed by atoms with Gasteiger partial charge < -0.3 is 20.2 Å². The molecule has 0 spiro atoms. The highest BCUT2D eigenvalue weighted by Crippen LogP contribution is 2.45. The number of aromatic nitrogens is 2. The van der Waals surface area contributed by atoms with Crippen molar-refractivity contribution in [1.29, 1.82) is 5.26 Å². The fourth-order valence-corrected chi connectivity index (χ4v) is 4.85. The minimum atomic E-state index is -0.127. The van der Waals surface area contributed by atoms with E-state index in [1.807, 2.05) is 17.0 Å². The highest BCUT2D eigenvalue weighted by atomic mass is 35.5. The Balaban J connectivity index is 1.44. The van der Waals surface area contributed by atoms with Gasteiger partial charge in [-0.15, -0.1) is 0 Å². The Morgan fingerprint density at radius 1 is 1.27 bits per heavy atom. The average molecular weight is 467 g/mol. The third-order valence-corrected chi connectivity index (χ3v) is 6.86. The molecule has 0 radical (unpaired) electrons. The van der Waals surface area contributed by atoms with Gasteiger partial charge in [0.15, 0.2) is 0 Å². The smallest absolute Gasteiger partial charge is 0.225 e. The van der Waals surface area contributed by atoms with Crippen molar-refractivity contribution < 1.29 is 9.90 Å². The van der Waals surface area contributed by atoms with E-state index in [9.17, 15) is 15.2 Å². The molecule has 3 fully saturated rings. The maximum absolute atomic E-state index is 12.6. The molecule has 5 rings (SSSR count). The Morgan fingerprint density at radius 3 is 2.76 bits per heavy atom. The number of nitrogens with one attached hydrogen (secondary N) is 1. The van der Waals surface area contributed by atoms with Crippen molar-refractivity contribution in [2.45, 2.75) is 44.1 Å². The molecule has 3 heterocycles. The molecular formula is C24H27ClN6O2. The van der Waals surface area contributed by atoms with Crippen LogP contribution >= 0.6 is 11.6 Å². The molecule has 2 aromatic heterocycles. The zero-order valence-corrected chi connectivity index (χ0v) is 19.1. The summed E-state index contributed by atoms with van der Waals surface area (Å²) >= 11 is 6.04. The van der Waals surface area contributed by atoms with Gasteiger partial charge in [-0.3, -0.25) is 4.79 Å². The molecule has 2 saturated carbocycles. The van der Waals surface area contributed by atoms with Crippen LogP contribution in [0.2, 0.25) is 5.15 Å². The summed E-state index contributed by atoms with van der Waals surface area (Å²) in [5.41, 5.74) is 3.13. The van der Waals surface area contributed by atoms with Crippen molar-refractivity contribution >= 4 is 34.7 Å². The number of amides is 1.